The molecular formula is C10H21NO2S. The lowest BCUT2D eigenvalue weighted by Gasteiger charge is -2.20. The molecule has 1 saturated carbocycles. The van der Waals surface area contributed by atoms with Gasteiger partial charge in [0.2, 0.25) is 0 Å². The first-order chi connectivity index (χ1) is 6.35. The average molecular weight is 219 g/mol. The van der Waals surface area contributed by atoms with Gasteiger partial charge in [-0.1, -0.05) is 13.8 Å². The summed E-state index contributed by atoms with van der Waals surface area (Å²) in [4.78, 5) is 0. The van der Waals surface area contributed by atoms with Crippen molar-refractivity contribution in [2.24, 2.45) is 11.7 Å². The summed E-state index contributed by atoms with van der Waals surface area (Å²) < 4.78 is 24.1. The Morgan fingerprint density at radius 2 is 1.79 bits per heavy atom. The van der Waals surface area contributed by atoms with Crippen molar-refractivity contribution in [2.75, 3.05) is 0 Å². The number of sulfone groups is 1. The summed E-state index contributed by atoms with van der Waals surface area (Å²) in [7, 11) is -2.95. The second-order valence-electron chi connectivity index (χ2n) is 4.73. The standard InChI is InChI=1S/C10H21NO2S/c1-7(2)8(3)14(12,13)10-5-4-9(11)6-10/h7-10H,4-6,11H2,1-3H3. The molecule has 0 amide bonds. The van der Waals surface area contributed by atoms with Crippen LogP contribution in [0.4, 0.5) is 0 Å². The fourth-order valence-corrected chi connectivity index (χ4v) is 4.30. The van der Waals surface area contributed by atoms with Gasteiger partial charge in [0.15, 0.2) is 9.84 Å². The molecule has 0 heterocycles. The molecule has 0 aliphatic heterocycles. The van der Waals surface area contributed by atoms with E-state index < -0.39 is 9.84 Å². The minimum Gasteiger partial charge on any atom is -0.328 e. The van der Waals surface area contributed by atoms with Gasteiger partial charge in [-0.2, -0.15) is 0 Å². The van der Waals surface area contributed by atoms with E-state index in [1.54, 1.807) is 0 Å². The van der Waals surface area contributed by atoms with E-state index in [1.165, 1.54) is 0 Å². The molecule has 3 atom stereocenters. The van der Waals surface area contributed by atoms with Gasteiger partial charge in [-0.05, 0) is 32.1 Å². The third-order valence-electron chi connectivity index (χ3n) is 3.35. The van der Waals surface area contributed by atoms with Gasteiger partial charge in [-0.3, -0.25) is 0 Å². The highest BCUT2D eigenvalue weighted by atomic mass is 32.2. The first-order valence-electron chi connectivity index (χ1n) is 5.34. The number of hydrogen-bond acceptors (Lipinski definition) is 3. The average Bonchev–Trinajstić information content (AvgIpc) is 2.50. The summed E-state index contributed by atoms with van der Waals surface area (Å²) in [6.07, 6.45) is 2.26. The van der Waals surface area contributed by atoms with Gasteiger partial charge in [0.1, 0.15) is 0 Å². The Morgan fingerprint density at radius 3 is 2.14 bits per heavy atom. The molecule has 0 spiro atoms. The summed E-state index contributed by atoms with van der Waals surface area (Å²) >= 11 is 0. The predicted molar refractivity (Wildman–Crippen MR) is 58.8 cm³/mol. The van der Waals surface area contributed by atoms with E-state index in [0.29, 0.717) is 6.42 Å². The fraction of sp³-hybridized carbons (Fsp3) is 1.00. The van der Waals surface area contributed by atoms with Gasteiger partial charge < -0.3 is 5.73 Å². The smallest absolute Gasteiger partial charge is 0.156 e. The van der Waals surface area contributed by atoms with Gasteiger partial charge in [0.25, 0.3) is 0 Å². The zero-order valence-electron chi connectivity index (χ0n) is 9.23. The highest BCUT2D eigenvalue weighted by Gasteiger charge is 2.37. The molecule has 0 bridgehead atoms. The third kappa shape index (κ3) is 2.28. The maximum absolute atomic E-state index is 12.1. The van der Waals surface area contributed by atoms with Crippen LogP contribution in [0.3, 0.4) is 0 Å². The van der Waals surface area contributed by atoms with Crippen LogP contribution in [0.5, 0.6) is 0 Å². The van der Waals surface area contributed by atoms with Crippen LogP contribution in [0.2, 0.25) is 0 Å². The zero-order chi connectivity index (χ0) is 10.9. The van der Waals surface area contributed by atoms with E-state index in [-0.39, 0.29) is 22.5 Å². The van der Waals surface area contributed by atoms with E-state index >= 15 is 0 Å². The second kappa shape index (κ2) is 4.19. The van der Waals surface area contributed by atoms with E-state index in [1.807, 2.05) is 20.8 Å². The minimum absolute atomic E-state index is 0.0918. The Hall–Kier alpha value is -0.0900. The van der Waals surface area contributed by atoms with Crippen molar-refractivity contribution in [3.8, 4) is 0 Å². The molecule has 0 radical (unpaired) electrons. The maximum atomic E-state index is 12.1. The molecule has 2 N–H and O–H groups in total. The fourth-order valence-electron chi connectivity index (χ4n) is 1.95. The van der Waals surface area contributed by atoms with Crippen molar-refractivity contribution in [3.05, 3.63) is 0 Å². The molecule has 0 saturated heterocycles. The quantitative estimate of drug-likeness (QED) is 0.779. The Bertz CT molecular complexity index is 284. The van der Waals surface area contributed by atoms with Crippen LogP contribution >= 0.6 is 0 Å². The molecule has 1 fully saturated rings. The van der Waals surface area contributed by atoms with E-state index in [9.17, 15) is 8.42 Å². The lowest BCUT2D eigenvalue weighted by atomic mass is 10.2. The van der Waals surface area contributed by atoms with Crippen LogP contribution in [0.15, 0.2) is 0 Å². The molecule has 3 unspecified atom stereocenters. The van der Waals surface area contributed by atoms with Gasteiger partial charge in [-0.25, -0.2) is 8.42 Å². The Labute approximate surface area is 87.0 Å². The van der Waals surface area contributed by atoms with Crippen LogP contribution < -0.4 is 5.73 Å². The molecule has 14 heavy (non-hydrogen) atoms. The number of nitrogens with two attached hydrogens (primary N) is 1. The molecule has 0 aromatic heterocycles. The lowest BCUT2D eigenvalue weighted by Crippen LogP contribution is -2.33. The number of hydrogen-bond donors (Lipinski definition) is 1. The molecule has 0 aromatic rings. The summed E-state index contributed by atoms with van der Waals surface area (Å²) in [5, 5.41) is -0.423. The van der Waals surface area contributed by atoms with Crippen molar-refractivity contribution in [1.29, 1.82) is 0 Å². The van der Waals surface area contributed by atoms with E-state index in [0.717, 1.165) is 12.8 Å². The molecule has 1 aliphatic rings. The molecule has 3 nitrogen and oxygen atoms in total. The van der Waals surface area contributed by atoms with Crippen molar-refractivity contribution < 1.29 is 8.42 Å². The first kappa shape index (κ1) is 12.0. The van der Waals surface area contributed by atoms with Crippen LogP contribution in [-0.2, 0) is 9.84 Å². The van der Waals surface area contributed by atoms with E-state index in [4.69, 9.17) is 5.73 Å². The molecule has 0 aromatic carbocycles. The van der Waals surface area contributed by atoms with Crippen molar-refractivity contribution in [1.82, 2.24) is 0 Å². The van der Waals surface area contributed by atoms with Crippen LogP contribution in [0.1, 0.15) is 40.0 Å². The van der Waals surface area contributed by atoms with Gasteiger partial charge in [0, 0.05) is 6.04 Å². The molecular weight excluding hydrogens is 198 g/mol. The predicted octanol–water partition coefficient (Wildman–Crippen LogP) is 1.33. The van der Waals surface area contributed by atoms with Gasteiger partial charge in [-0.15, -0.1) is 0 Å². The largest absolute Gasteiger partial charge is 0.328 e. The topological polar surface area (TPSA) is 60.2 Å². The highest BCUT2D eigenvalue weighted by Crippen LogP contribution is 2.28. The normalized spacial score (nSPS) is 30.9. The maximum Gasteiger partial charge on any atom is 0.156 e. The van der Waals surface area contributed by atoms with Crippen LogP contribution in [-0.4, -0.2) is 25.0 Å². The summed E-state index contributed by atoms with van der Waals surface area (Å²) in [6.45, 7) is 5.72. The molecule has 4 heteroatoms. The monoisotopic (exact) mass is 219 g/mol. The van der Waals surface area contributed by atoms with Crippen LogP contribution in [0, 0.1) is 5.92 Å². The highest BCUT2D eigenvalue weighted by molar-refractivity contribution is 7.92. The summed E-state index contributed by atoms with van der Waals surface area (Å²) in [5.74, 6) is 0.192. The second-order valence-corrected chi connectivity index (χ2v) is 7.32. The van der Waals surface area contributed by atoms with Gasteiger partial charge in [0.05, 0.1) is 10.5 Å². The minimum atomic E-state index is -2.95. The summed E-state index contributed by atoms with van der Waals surface area (Å²) in [6, 6.07) is 0.0918. The zero-order valence-corrected chi connectivity index (χ0v) is 10.0. The third-order valence-corrected chi connectivity index (χ3v) is 6.28. The summed E-state index contributed by atoms with van der Waals surface area (Å²) in [5.41, 5.74) is 5.73. The van der Waals surface area contributed by atoms with Crippen molar-refractivity contribution in [3.63, 3.8) is 0 Å². The lowest BCUT2D eigenvalue weighted by molar-refractivity contribution is 0.531. The van der Waals surface area contributed by atoms with Crippen molar-refractivity contribution >= 4 is 9.84 Å². The van der Waals surface area contributed by atoms with Crippen LogP contribution in [0.25, 0.3) is 0 Å². The molecule has 1 aliphatic carbocycles. The first-order valence-corrected chi connectivity index (χ1v) is 6.95. The molecule has 84 valence electrons. The Morgan fingerprint density at radius 1 is 1.21 bits per heavy atom. The Balaban J connectivity index is 2.75. The van der Waals surface area contributed by atoms with Gasteiger partial charge >= 0.3 is 0 Å². The SMILES string of the molecule is CC(C)C(C)S(=O)(=O)C1CCC(N)C1. The van der Waals surface area contributed by atoms with Crippen molar-refractivity contribution in [2.45, 2.75) is 56.6 Å². The Kier molecular flexibility index (Phi) is 3.58. The van der Waals surface area contributed by atoms with E-state index in [2.05, 4.69) is 0 Å². The molecule has 1 rings (SSSR count). The number of rotatable bonds is 3.